The second kappa shape index (κ2) is 5.55. The summed E-state index contributed by atoms with van der Waals surface area (Å²) in [4.78, 5) is 13.6. The van der Waals surface area contributed by atoms with Gasteiger partial charge in [0.15, 0.2) is 0 Å². The average Bonchev–Trinajstić information content (AvgIpc) is 2.37. The predicted octanol–water partition coefficient (Wildman–Crippen LogP) is 2.20. The number of carbonyl (C=O) groups is 1. The van der Waals surface area contributed by atoms with Gasteiger partial charge >= 0.3 is 0 Å². The molecule has 3 nitrogen and oxygen atoms in total. The van der Waals surface area contributed by atoms with E-state index in [1.54, 1.807) is 0 Å². The highest BCUT2D eigenvalue weighted by Crippen LogP contribution is 2.36. The van der Waals surface area contributed by atoms with E-state index in [9.17, 15) is 4.79 Å². The Labute approximate surface area is 118 Å². The molecule has 1 saturated heterocycles. The third kappa shape index (κ3) is 2.65. The number of hydrogen-bond acceptors (Lipinski definition) is 3. The van der Waals surface area contributed by atoms with Crippen LogP contribution in [0.25, 0.3) is 0 Å². The molecule has 1 fully saturated rings. The van der Waals surface area contributed by atoms with E-state index in [0.717, 1.165) is 25.3 Å². The van der Waals surface area contributed by atoms with Gasteiger partial charge in [0.05, 0.1) is 6.04 Å². The second-order valence-electron chi connectivity index (χ2n) is 5.44. The molecule has 102 valence electrons. The van der Waals surface area contributed by atoms with Crippen LogP contribution < -0.4 is 10.6 Å². The summed E-state index contributed by atoms with van der Waals surface area (Å²) in [6.45, 7) is 4.00. The van der Waals surface area contributed by atoms with E-state index < -0.39 is 0 Å². The van der Waals surface area contributed by atoms with Crippen molar-refractivity contribution in [3.8, 4) is 0 Å². The Morgan fingerprint density at radius 1 is 1.42 bits per heavy atom. The van der Waals surface area contributed by atoms with Crippen LogP contribution in [0.2, 0.25) is 0 Å². The fourth-order valence-corrected chi connectivity index (χ4v) is 3.80. The monoisotopic (exact) mass is 276 g/mol. The first-order chi connectivity index (χ1) is 9.25. The molecule has 0 aliphatic carbocycles. The van der Waals surface area contributed by atoms with Crippen molar-refractivity contribution in [2.24, 2.45) is 11.8 Å². The van der Waals surface area contributed by atoms with Crippen LogP contribution in [0.1, 0.15) is 24.9 Å². The highest BCUT2D eigenvalue weighted by Gasteiger charge is 2.31. The third-order valence-corrected chi connectivity index (χ3v) is 5.33. The predicted molar refractivity (Wildman–Crippen MR) is 78.2 cm³/mol. The first-order valence-corrected chi connectivity index (χ1v) is 7.97. The van der Waals surface area contributed by atoms with Crippen LogP contribution in [0.3, 0.4) is 0 Å². The molecule has 2 N–H and O–H groups in total. The Morgan fingerprint density at radius 2 is 2.21 bits per heavy atom. The standard InChI is InChI=1S/C15H20N2OS/c1-10(11-8-16-9-11)15(18)17-13-6-7-19-14-5-3-2-4-12(13)14/h2-5,10-11,13,16H,6-9H2,1H3,(H,17,18). The Balaban J connectivity index is 1.68. The van der Waals surface area contributed by atoms with Crippen LogP contribution in [0.15, 0.2) is 29.2 Å². The van der Waals surface area contributed by atoms with Gasteiger partial charge < -0.3 is 10.6 Å². The normalized spacial score (nSPS) is 24.2. The summed E-state index contributed by atoms with van der Waals surface area (Å²) in [5.41, 5.74) is 1.28. The number of benzene rings is 1. The summed E-state index contributed by atoms with van der Waals surface area (Å²) in [5.74, 6) is 1.91. The molecule has 0 saturated carbocycles. The fraction of sp³-hybridized carbons (Fsp3) is 0.533. The quantitative estimate of drug-likeness (QED) is 0.889. The van der Waals surface area contributed by atoms with E-state index in [2.05, 4.69) is 34.9 Å². The summed E-state index contributed by atoms with van der Waals surface area (Å²) in [6.07, 6.45) is 1.03. The molecule has 1 amide bonds. The molecule has 3 rings (SSSR count). The smallest absolute Gasteiger partial charge is 0.223 e. The molecule has 19 heavy (non-hydrogen) atoms. The molecular weight excluding hydrogens is 256 g/mol. The summed E-state index contributed by atoms with van der Waals surface area (Å²) < 4.78 is 0. The molecule has 4 heteroatoms. The first-order valence-electron chi connectivity index (χ1n) is 6.98. The van der Waals surface area contributed by atoms with Crippen molar-refractivity contribution in [1.29, 1.82) is 0 Å². The van der Waals surface area contributed by atoms with Gasteiger partial charge in [-0.05, 0) is 37.1 Å². The summed E-state index contributed by atoms with van der Waals surface area (Å²) in [6, 6.07) is 8.61. The maximum Gasteiger partial charge on any atom is 0.223 e. The fourth-order valence-electron chi connectivity index (χ4n) is 2.67. The largest absolute Gasteiger partial charge is 0.349 e. The van der Waals surface area contributed by atoms with Crippen LogP contribution in [-0.2, 0) is 4.79 Å². The van der Waals surface area contributed by atoms with Gasteiger partial charge in [-0.3, -0.25) is 4.79 Å². The molecule has 1 aromatic carbocycles. The minimum atomic E-state index is 0.114. The molecule has 2 unspecified atom stereocenters. The maximum absolute atomic E-state index is 12.3. The third-order valence-electron chi connectivity index (χ3n) is 4.21. The molecule has 2 heterocycles. The maximum atomic E-state index is 12.3. The van der Waals surface area contributed by atoms with Gasteiger partial charge in [0.25, 0.3) is 0 Å². The van der Waals surface area contributed by atoms with Crippen molar-refractivity contribution in [2.75, 3.05) is 18.8 Å². The van der Waals surface area contributed by atoms with Gasteiger partial charge in [0.2, 0.25) is 5.91 Å². The van der Waals surface area contributed by atoms with Crippen LogP contribution in [0.4, 0.5) is 0 Å². The average molecular weight is 276 g/mol. The second-order valence-corrected chi connectivity index (χ2v) is 6.58. The Morgan fingerprint density at radius 3 is 2.95 bits per heavy atom. The number of carbonyl (C=O) groups excluding carboxylic acids is 1. The van der Waals surface area contributed by atoms with Gasteiger partial charge in [-0.2, -0.15) is 0 Å². The lowest BCUT2D eigenvalue weighted by Gasteiger charge is -2.33. The first kappa shape index (κ1) is 13.0. The molecule has 0 aromatic heterocycles. The number of amides is 1. The van der Waals surface area contributed by atoms with Gasteiger partial charge in [-0.1, -0.05) is 25.1 Å². The minimum Gasteiger partial charge on any atom is -0.349 e. The summed E-state index contributed by atoms with van der Waals surface area (Å²) in [7, 11) is 0. The zero-order chi connectivity index (χ0) is 13.2. The lowest BCUT2D eigenvalue weighted by molar-refractivity contribution is -0.127. The van der Waals surface area contributed by atoms with Crippen LogP contribution >= 0.6 is 11.8 Å². The Bertz CT molecular complexity index is 473. The van der Waals surface area contributed by atoms with Crippen molar-refractivity contribution in [1.82, 2.24) is 10.6 Å². The van der Waals surface area contributed by atoms with Gasteiger partial charge in [-0.25, -0.2) is 0 Å². The van der Waals surface area contributed by atoms with E-state index in [1.165, 1.54) is 10.5 Å². The lowest BCUT2D eigenvalue weighted by atomic mass is 9.88. The van der Waals surface area contributed by atoms with Crippen LogP contribution in [0, 0.1) is 11.8 Å². The zero-order valence-corrected chi connectivity index (χ0v) is 12.0. The zero-order valence-electron chi connectivity index (χ0n) is 11.2. The molecule has 2 aliphatic heterocycles. The van der Waals surface area contributed by atoms with Crippen LogP contribution in [0.5, 0.6) is 0 Å². The lowest BCUT2D eigenvalue weighted by Crippen LogP contribution is -2.50. The topological polar surface area (TPSA) is 41.1 Å². The van der Waals surface area contributed by atoms with E-state index in [1.807, 2.05) is 18.7 Å². The number of rotatable bonds is 3. The molecule has 1 aromatic rings. The van der Waals surface area contributed by atoms with Crippen LogP contribution in [-0.4, -0.2) is 24.7 Å². The molecule has 0 bridgehead atoms. The molecular formula is C15H20N2OS. The van der Waals surface area contributed by atoms with Gasteiger partial charge in [0.1, 0.15) is 0 Å². The highest BCUT2D eigenvalue weighted by molar-refractivity contribution is 7.99. The highest BCUT2D eigenvalue weighted by atomic mass is 32.2. The Hall–Kier alpha value is -1.00. The number of nitrogens with one attached hydrogen (secondary N) is 2. The van der Waals surface area contributed by atoms with E-state index in [0.29, 0.717) is 5.92 Å². The molecule has 0 radical (unpaired) electrons. The van der Waals surface area contributed by atoms with Crippen molar-refractivity contribution >= 4 is 17.7 Å². The number of thioether (sulfide) groups is 1. The SMILES string of the molecule is CC(C(=O)NC1CCSc2ccccc21)C1CNC1. The van der Waals surface area contributed by atoms with E-state index in [-0.39, 0.29) is 17.9 Å². The van der Waals surface area contributed by atoms with E-state index >= 15 is 0 Å². The van der Waals surface area contributed by atoms with Gasteiger partial charge in [-0.15, -0.1) is 11.8 Å². The minimum absolute atomic E-state index is 0.114. The van der Waals surface area contributed by atoms with Crippen molar-refractivity contribution < 1.29 is 4.79 Å². The van der Waals surface area contributed by atoms with Crippen molar-refractivity contribution in [3.05, 3.63) is 29.8 Å². The van der Waals surface area contributed by atoms with Crippen molar-refractivity contribution in [2.45, 2.75) is 24.3 Å². The number of hydrogen-bond donors (Lipinski definition) is 2. The molecule has 2 aliphatic rings. The summed E-state index contributed by atoms with van der Waals surface area (Å²) in [5, 5.41) is 6.48. The van der Waals surface area contributed by atoms with Gasteiger partial charge in [0, 0.05) is 16.6 Å². The van der Waals surface area contributed by atoms with E-state index in [4.69, 9.17) is 0 Å². The van der Waals surface area contributed by atoms with Crippen molar-refractivity contribution in [3.63, 3.8) is 0 Å². The number of fused-ring (bicyclic) bond motifs is 1. The Kier molecular flexibility index (Phi) is 3.80. The molecule has 2 atom stereocenters. The summed E-state index contributed by atoms with van der Waals surface area (Å²) >= 11 is 1.89. The molecule has 0 spiro atoms.